The molecule has 25 heavy (non-hydrogen) atoms. The quantitative estimate of drug-likeness (QED) is 0.765. The summed E-state index contributed by atoms with van der Waals surface area (Å²) in [6.45, 7) is 0.360. The van der Waals surface area contributed by atoms with E-state index < -0.39 is 6.10 Å². The van der Waals surface area contributed by atoms with Crippen LogP contribution in [-0.2, 0) is 11.3 Å². The van der Waals surface area contributed by atoms with Crippen LogP contribution in [0.3, 0.4) is 0 Å². The van der Waals surface area contributed by atoms with Crippen LogP contribution in [0.2, 0.25) is 10.0 Å². The van der Waals surface area contributed by atoms with Crippen LogP contribution in [0.4, 0.5) is 0 Å². The van der Waals surface area contributed by atoms with Crippen molar-refractivity contribution in [2.45, 2.75) is 12.7 Å². The van der Waals surface area contributed by atoms with Crippen molar-refractivity contribution in [2.24, 2.45) is 0 Å². The number of carbonyl (C=O) groups is 1. The second kappa shape index (κ2) is 9.06. The summed E-state index contributed by atoms with van der Waals surface area (Å²) in [5.74, 6) is 0.216. The number of aliphatic hydroxyl groups excluding tert-OH is 1. The average molecular weight is 384 g/mol. The summed E-state index contributed by atoms with van der Waals surface area (Å²) in [7, 11) is 3.11. The van der Waals surface area contributed by atoms with Crippen LogP contribution < -0.4 is 10.1 Å². The molecule has 0 saturated carbocycles. The topological polar surface area (TPSA) is 67.8 Å². The Balaban J connectivity index is 2.07. The molecule has 2 N–H and O–H groups in total. The van der Waals surface area contributed by atoms with Gasteiger partial charge in [-0.3, -0.25) is 4.79 Å². The Hall–Kier alpha value is -1.79. The number of halogens is 2. The molecule has 0 saturated heterocycles. The second-order valence-corrected chi connectivity index (χ2v) is 6.14. The molecule has 5 nitrogen and oxygen atoms in total. The van der Waals surface area contributed by atoms with Crippen LogP contribution in [0.1, 0.15) is 27.6 Å². The number of hydrogen-bond acceptors (Lipinski definition) is 4. The highest BCUT2D eigenvalue weighted by Gasteiger charge is 2.17. The summed E-state index contributed by atoms with van der Waals surface area (Å²) in [6.07, 6.45) is -1.01. The Kier molecular flexibility index (Phi) is 7.08. The van der Waals surface area contributed by atoms with Crippen LogP contribution in [0, 0.1) is 0 Å². The van der Waals surface area contributed by atoms with Gasteiger partial charge in [0.2, 0.25) is 0 Å². The molecular weight excluding hydrogens is 365 g/mol. The summed E-state index contributed by atoms with van der Waals surface area (Å²) in [5, 5.41) is 13.6. The molecule has 2 aromatic rings. The molecule has 0 bridgehead atoms. The number of nitrogens with one attached hydrogen (secondary N) is 1. The zero-order valence-electron chi connectivity index (χ0n) is 13.9. The molecule has 0 aromatic heterocycles. The molecule has 0 radical (unpaired) electrons. The van der Waals surface area contributed by atoms with Gasteiger partial charge >= 0.3 is 0 Å². The number of ether oxygens (including phenoxy) is 2. The van der Waals surface area contributed by atoms with E-state index in [-0.39, 0.29) is 12.5 Å². The lowest BCUT2D eigenvalue weighted by molar-refractivity contribution is 0.0916. The normalized spacial score (nSPS) is 11.9. The minimum atomic E-state index is -1.01. The highest BCUT2D eigenvalue weighted by Crippen LogP contribution is 2.30. The first-order valence-corrected chi connectivity index (χ1v) is 8.29. The van der Waals surface area contributed by atoms with E-state index in [0.717, 1.165) is 5.56 Å². The highest BCUT2D eigenvalue weighted by molar-refractivity contribution is 6.36. The molecule has 1 amide bonds. The predicted octanol–water partition coefficient (Wildman–Crippen LogP) is 3.61. The third-order valence-corrected chi connectivity index (χ3v) is 4.30. The first-order chi connectivity index (χ1) is 12.0. The van der Waals surface area contributed by atoms with E-state index in [1.165, 1.54) is 7.11 Å². The number of carbonyl (C=O) groups excluding carboxylic acids is 1. The van der Waals surface area contributed by atoms with E-state index in [4.69, 9.17) is 32.7 Å². The van der Waals surface area contributed by atoms with Gasteiger partial charge < -0.3 is 19.9 Å². The van der Waals surface area contributed by atoms with Gasteiger partial charge in [-0.2, -0.15) is 0 Å². The Morgan fingerprint density at radius 3 is 2.48 bits per heavy atom. The van der Waals surface area contributed by atoms with Gasteiger partial charge in [0.1, 0.15) is 5.75 Å². The monoisotopic (exact) mass is 383 g/mol. The van der Waals surface area contributed by atoms with Gasteiger partial charge in [0.15, 0.2) is 0 Å². The van der Waals surface area contributed by atoms with Crippen LogP contribution in [0.5, 0.6) is 5.75 Å². The SMILES string of the molecule is COCc1ccc(C(=O)NC[C@H](O)c2c(Cl)cccc2Cl)cc1OC. The molecule has 0 aliphatic rings. The smallest absolute Gasteiger partial charge is 0.251 e. The summed E-state index contributed by atoms with van der Waals surface area (Å²) in [4.78, 5) is 12.3. The average Bonchev–Trinajstić information content (AvgIpc) is 2.60. The standard InChI is InChI=1S/C18H19Cl2NO4/c1-24-10-12-7-6-11(8-16(12)25-2)18(23)21-9-15(22)17-13(19)4-3-5-14(17)20/h3-8,15,22H,9-10H2,1-2H3,(H,21,23)/t15-/m0/s1. The van der Waals surface area contributed by atoms with E-state index in [1.807, 2.05) is 0 Å². The molecule has 2 rings (SSSR count). The van der Waals surface area contributed by atoms with Crippen molar-refractivity contribution in [1.29, 1.82) is 0 Å². The van der Waals surface area contributed by atoms with Gasteiger partial charge in [-0.15, -0.1) is 0 Å². The molecule has 0 unspecified atom stereocenters. The van der Waals surface area contributed by atoms with Gasteiger partial charge in [-0.1, -0.05) is 35.3 Å². The maximum absolute atomic E-state index is 12.3. The molecule has 7 heteroatoms. The summed E-state index contributed by atoms with van der Waals surface area (Å²) < 4.78 is 10.4. The van der Waals surface area contributed by atoms with Gasteiger partial charge in [-0.25, -0.2) is 0 Å². The largest absolute Gasteiger partial charge is 0.496 e. The minimum Gasteiger partial charge on any atom is -0.496 e. The van der Waals surface area contributed by atoms with Gasteiger partial charge in [0, 0.05) is 40.4 Å². The molecule has 2 aromatic carbocycles. The molecule has 0 spiro atoms. The van der Waals surface area contributed by atoms with Gasteiger partial charge in [-0.05, 0) is 24.3 Å². The molecule has 1 atom stereocenters. The Bertz CT molecular complexity index is 732. The third kappa shape index (κ3) is 4.86. The van der Waals surface area contributed by atoms with E-state index in [1.54, 1.807) is 43.5 Å². The molecule has 0 heterocycles. The van der Waals surface area contributed by atoms with Crippen molar-refractivity contribution in [3.63, 3.8) is 0 Å². The van der Waals surface area contributed by atoms with E-state index in [9.17, 15) is 9.90 Å². The number of aliphatic hydroxyl groups is 1. The lowest BCUT2D eigenvalue weighted by Crippen LogP contribution is -2.28. The summed E-state index contributed by atoms with van der Waals surface area (Å²) in [5.41, 5.74) is 1.64. The van der Waals surface area contributed by atoms with Crippen molar-refractivity contribution in [2.75, 3.05) is 20.8 Å². The van der Waals surface area contributed by atoms with Crippen LogP contribution >= 0.6 is 23.2 Å². The lowest BCUT2D eigenvalue weighted by atomic mass is 10.1. The number of methoxy groups -OCH3 is 2. The fourth-order valence-corrected chi connectivity index (χ4v) is 3.03. The first kappa shape index (κ1) is 19.5. The Morgan fingerprint density at radius 2 is 1.88 bits per heavy atom. The maximum atomic E-state index is 12.3. The fourth-order valence-electron chi connectivity index (χ4n) is 2.38. The van der Waals surface area contributed by atoms with Crippen LogP contribution in [0.25, 0.3) is 0 Å². The van der Waals surface area contributed by atoms with Gasteiger partial charge in [0.25, 0.3) is 5.91 Å². The third-order valence-electron chi connectivity index (χ3n) is 3.64. The predicted molar refractivity (Wildman–Crippen MR) is 97.5 cm³/mol. The molecule has 0 aliphatic carbocycles. The van der Waals surface area contributed by atoms with E-state index >= 15 is 0 Å². The molecule has 0 aliphatic heterocycles. The van der Waals surface area contributed by atoms with E-state index in [2.05, 4.69) is 5.32 Å². The van der Waals surface area contributed by atoms with Crippen LogP contribution in [0.15, 0.2) is 36.4 Å². The number of benzene rings is 2. The van der Waals surface area contributed by atoms with Crippen molar-refractivity contribution >= 4 is 29.1 Å². The number of amides is 1. The number of rotatable bonds is 7. The molecule has 134 valence electrons. The van der Waals surface area contributed by atoms with Crippen molar-refractivity contribution in [3.05, 3.63) is 63.1 Å². The van der Waals surface area contributed by atoms with Crippen LogP contribution in [-0.4, -0.2) is 31.8 Å². The number of hydrogen-bond donors (Lipinski definition) is 2. The second-order valence-electron chi connectivity index (χ2n) is 5.32. The highest BCUT2D eigenvalue weighted by atomic mass is 35.5. The molecular formula is C18H19Cl2NO4. The Labute approximate surface area is 156 Å². The van der Waals surface area contributed by atoms with Gasteiger partial charge in [0.05, 0.1) is 19.8 Å². The van der Waals surface area contributed by atoms with Crippen molar-refractivity contribution < 1.29 is 19.4 Å². The zero-order chi connectivity index (χ0) is 18.4. The summed E-state index contributed by atoms with van der Waals surface area (Å²) in [6, 6.07) is 10.0. The Morgan fingerprint density at radius 1 is 1.20 bits per heavy atom. The van der Waals surface area contributed by atoms with E-state index in [0.29, 0.717) is 33.5 Å². The summed E-state index contributed by atoms with van der Waals surface area (Å²) >= 11 is 12.1. The van der Waals surface area contributed by atoms with Crippen molar-refractivity contribution in [1.82, 2.24) is 5.32 Å². The zero-order valence-corrected chi connectivity index (χ0v) is 15.4. The lowest BCUT2D eigenvalue weighted by Gasteiger charge is -2.16. The fraction of sp³-hybridized carbons (Fsp3) is 0.278. The minimum absolute atomic E-state index is 0.0234. The first-order valence-electron chi connectivity index (χ1n) is 7.54. The maximum Gasteiger partial charge on any atom is 0.251 e. The molecule has 0 fully saturated rings. The van der Waals surface area contributed by atoms with Crippen molar-refractivity contribution in [3.8, 4) is 5.75 Å².